The van der Waals surface area contributed by atoms with Gasteiger partial charge in [0.1, 0.15) is 0 Å². The highest BCUT2D eigenvalue weighted by molar-refractivity contribution is 4.83. The molecule has 2 unspecified atom stereocenters. The van der Waals surface area contributed by atoms with Crippen LogP contribution in [0.25, 0.3) is 0 Å². The molecule has 0 radical (unpaired) electrons. The molecule has 2 atom stereocenters. The molecule has 0 aromatic rings. The summed E-state index contributed by atoms with van der Waals surface area (Å²) >= 11 is 0. The van der Waals surface area contributed by atoms with Crippen molar-refractivity contribution in [3.8, 4) is 0 Å². The summed E-state index contributed by atoms with van der Waals surface area (Å²) < 4.78 is 0. The highest BCUT2D eigenvalue weighted by atomic mass is 15.2. The van der Waals surface area contributed by atoms with Crippen molar-refractivity contribution in [2.45, 2.75) is 58.9 Å². The van der Waals surface area contributed by atoms with E-state index in [-0.39, 0.29) is 0 Å². The first kappa shape index (κ1) is 14.0. The summed E-state index contributed by atoms with van der Waals surface area (Å²) in [4.78, 5) is 2.76. The zero-order valence-electron chi connectivity index (χ0n) is 11.5. The molecule has 0 aromatic carbocycles. The molecule has 0 aliphatic carbocycles. The average Bonchev–Trinajstić information content (AvgIpc) is 2.31. The maximum atomic E-state index is 3.50. The molecule has 0 saturated carbocycles. The van der Waals surface area contributed by atoms with Crippen molar-refractivity contribution in [2.75, 3.05) is 26.2 Å². The normalized spacial score (nSPS) is 26.2. The molecular formula is C14H30N2. The first-order chi connectivity index (χ1) is 7.79. The molecule has 96 valence electrons. The van der Waals surface area contributed by atoms with E-state index in [0.29, 0.717) is 0 Å². The van der Waals surface area contributed by atoms with Crippen molar-refractivity contribution in [1.29, 1.82) is 0 Å². The van der Waals surface area contributed by atoms with E-state index >= 15 is 0 Å². The number of nitrogens with zero attached hydrogens (tertiary/aromatic N) is 1. The van der Waals surface area contributed by atoms with E-state index in [1.165, 1.54) is 58.3 Å². The van der Waals surface area contributed by atoms with Gasteiger partial charge in [-0.15, -0.1) is 0 Å². The summed E-state index contributed by atoms with van der Waals surface area (Å²) in [5.41, 5.74) is 0. The topological polar surface area (TPSA) is 15.3 Å². The molecule has 1 heterocycles. The van der Waals surface area contributed by atoms with Crippen molar-refractivity contribution >= 4 is 0 Å². The van der Waals surface area contributed by atoms with Crippen molar-refractivity contribution in [2.24, 2.45) is 5.92 Å². The lowest BCUT2D eigenvalue weighted by Gasteiger charge is -2.39. The summed E-state index contributed by atoms with van der Waals surface area (Å²) in [5, 5.41) is 3.50. The quantitative estimate of drug-likeness (QED) is 0.718. The monoisotopic (exact) mass is 226 g/mol. The number of piperidine rings is 1. The van der Waals surface area contributed by atoms with Crippen LogP contribution in [-0.2, 0) is 0 Å². The Morgan fingerprint density at radius 1 is 1.12 bits per heavy atom. The van der Waals surface area contributed by atoms with Gasteiger partial charge in [-0.25, -0.2) is 0 Å². The number of hydrogen-bond donors (Lipinski definition) is 1. The molecule has 1 fully saturated rings. The minimum atomic E-state index is 0.822. The van der Waals surface area contributed by atoms with E-state index in [1.807, 2.05) is 0 Å². The number of unbranched alkanes of at least 4 members (excludes halogenated alkanes) is 2. The van der Waals surface area contributed by atoms with Gasteiger partial charge >= 0.3 is 0 Å². The highest BCUT2D eigenvalue weighted by Gasteiger charge is 2.25. The van der Waals surface area contributed by atoms with Gasteiger partial charge in [0, 0.05) is 6.04 Å². The molecule has 1 saturated heterocycles. The van der Waals surface area contributed by atoms with E-state index in [4.69, 9.17) is 0 Å². The Labute approximate surface area is 102 Å². The van der Waals surface area contributed by atoms with Gasteiger partial charge in [-0.2, -0.15) is 0 Å². The second-order valence-electron chi connectivity index (χ2n) is 5.28. The Morgan fingerprint density at radius 3 is 2.25 bits per heavy atom. The van der Waals surface area contributed by atoms with Crippen LogP contribution in [0.1, 0.15) is 52.9 Å². The molecule has 1 N–H and O–H groups in total. The lowest BCUT2D eigenvalue weighted by atomic mass is 9.93. The second-order valence-corrected chi connectivity index (χ2v) is 5.28. The van der Waals surface area contributed by atoms with Crippen molar-refractivity contribution in [3.63, 3.8) is 0 Å². The molecule has 2 nitrogen and oxygen atoms in total. The number of nitrogens with one attached hydrogen (secondary N) is 1. The molecule has 1 aliphatic heterocycles. The third-order valence-corrected chi connectivity index (χ3v) is 3.81. The van der Waals surface area contributed by atoms with Crippen LogP contribution >= 0.6 is 0 Å². The molecule has 16 heavy (non-hydrogen) atoms. The molecule has 0 bridgehead atoms. The Hall–Kier alpha value is -0.0800. The fraction of sp³-hybridized carbons (Fsp3) is 1.00. The fourth-order valence-corrected chi connectivity index (χ4v) is 2.71. The predicted molar refractivity (Wildman–Crippen MR) is 71.8 cm³/mol. The van der Waals surface area contributed by atoms with Crippen molar-refractivity contribution in [3.05, 3.63) is 0 Å². The predicted octanol–water partition coefficient (Wildman–Crippen LogP) is 2.89. The van der Waals surface area contributed by atoms with Gasteiger partial charge in [0.05, 0.1) is 0 Å². The van der Waals surface area contributed by atoms with Gasteiger partial charge in [-0.3, -0.25) is 0 Å². The Morgan fingerprint density at radius 2 is 1.75 bits per heavy atom. The summed E-state index contributed by atoms with van der Waals surface area (Å²) in [7, 11) is 0. The van der Waals surface area contributed by atoms with Gasteiger partial charge in [0.15, 0.2) is 0 Å². The van der Waals surface area contributed by atoms with Crippen LogP contribution in [0, 0.1) is 5.92 Å². The second kappa shape index (κ2) is 8.08. The third-order valence-electron chi connectivity index (χ3n) is 3.81. The van der Waals surface area contributed by atoms with Gasteiger partial charge in [0.2, 0.25) is 0 Å². The largest absolute Gasteiger partial charge is 0.316 e. The zero-order chi connectivity index (χ0) is 11.8. The van der Waals surface area contributed by atoms with Crippen LogP contribution < -0.4 is 5.32 Å². The van der Waals surface area contributed by atoms with Crippen molar-refractivity contribution < 1.29 is 0 Å². The van der Waals surface area contributed by atoms with E-state index in [2.05, 4.69) is 31.0 Å². The van der Waals surface area contributed by atoms with Gasteiger partial charge < -0.3 is 10.2 Å². The molecule has 0 amide bonds. The van der Waals surface area contributed by atoms with Crippen molar-refractivity contribution in [1.82, 2.24) is 10.2 Å². The molecule has 0 aromatic heterocycles. The molecule has 2 heteroatoms. The van der Waals surface area contributed by atoms with Crippen LogP contribution in [0.4, 0.5) is 0 Å². The smallest absolute Gasteiger partial charge is 0.0145 e. The molecule has 1 aliphatic rings. The summed E-state index contributed by atoms with van der Waals surface area (Å²) in [5.74, 6) is 0.822. The van der Waals surface area contributed by atoms with Crippen LogP contribution in [0.15, 0.2) is 0 Å². The minimum Gasteiger partial charge on any atom is -0.316 e. The van der Waals surface area contributed by atoms with Crippen LogP contribution in [0.3, 0.4) is 0 Å². The van der Waals surface area contributed by atoms with Crippen LogP contribution in [0.5, 0.6) is 0 Å². The first-order valence-electron chi connectivity index (χ1n) is 7.24. The summed E-state index contributed by atoms with van der Waals surface area (Å²) in [6, 6.07) is 0.833. The van der Waals surface area contributed by atoms with E-state index in [1.54, 1.807) is 0 Å². The lowest BCUT2D eigenvalue weighted by Crippen LogP contribution is -2.49. The Bertz CT molecular complexity index is 162. The Balaban J connectivity index is 2.44. The number of hydrogen-bond acceptors (Lipinski definition) is 2. The van der Waals surface area contributed by atoms with E-state index < -0.39 is 0 Å². The maximum absolute atomic E-state index is 3.50. The average molecular weight is 226 g/mol. The summed E-state index contributed by atoms with van der Waals surface area (Å²) in [6.45, 7) is 12.0. The van der Waals surface area contributed by atoms with Gasteiger partial charge in [-0.1, -0.05) is 33.6 Å². The van der Waals surface area contributed by atoms with E-state index in [9.17, 15) is 0 Å². The lowest BCUT2D eigenvalue weighted by molar-refractivity contribution is 0.116. The SMILES string of the molecule is CCCCN(CCCC)C1CCNCC1C. The highest BCUT2D eigenvalue weighted by Crippen LogP contribution is 2.19. The fourth-order valence-electron chi connectivity index (χ4n) is 2.71. The minimum absolute atomic E-state index is 0.822. The van der Waals surface area contributed by atoms with Gasteiger partial charge in [-0.05, 0) is 51.4 Å². The first-order valence-corrected chi connectivity index (χ1v) is 7.24. The Kier molecular flexibility index (Phi) is 7.06. The maximum Gasteiger partial charge on any atom is 0.0145 e. The van der Waals surface area contributed by atoms with E-state index in [0.717, 1.165) is 12.0 Å². The zero-order valence-corrected chi connectivity index (χ0v) is 11.5. The van der Waals surface area contributed by atoms with Crippen LogP contribution in [-0.4, -0.2) is 37.1 Å². The molecule has 0 spiro atoms. The van der Waals surface area contributed by atoms with Gasteiger partial charge in [0.25, 0.3) is 0 Å². The molecule has 1 rings (SSSR count). The van der Waals surface area contributed by atoms with Crippen LogP contribution in [0.2, 0.25) is 0 Å². The summed E-state index contributed by atoms with van der Waals surface area (Å²) in [6.07, 6.45) is 6.71. The standard InChI is InChI=1S/C14H30N2/c1-4-6-10-16(11-7-5-2)14-8-9-15-12-13(14)3/h13-15H,4-12H2,1-3H3. The molecular weight excluding hydrogens is 196 g/mol. The third kappa shape index (κ3) is 4.42. The number of rotatable bonds is 7.